The van der Waals surface area contributed by atoms with Crippen molar-refractivity contribution in [3.63, 3.8) is 0 Å². The molecule has 0 saturated carbocycles. The van der Waals surface area contributed by atoms with Crippen LogP contribution in [-0.4, -0.2) is 54.9 Å². The highest BCUT2D eigenvalue weighted by Gasteiger charge is 2.77. The molecule has 0 atom stereocenters. The van der Waals surface area contributed by atoms with E-state index in [0.717, 1.165) is 5.32 Å². The second-order valence-electron chi connectivity index (χ2n) is 6.16. The Balaban J connectivity index is 3.11. The van der Waals surface area contributed by atoms with Gasteiger partial charge in [0.15, 0.2) is 0 Å². The molecule has 1 aromatic carbocycles. The normalized spacial score (nSPS) is 14.2. The van der Waals surface area contributed by atoms with Gasteiger partial charge >= 0.3 is 47.9 Å². The van der Waals surface area contributed by atoms with E-state index in [1.165, 1.54) is 0 Å². The van der Waals surface area contributed by atoms with Crippen molar-refractivity contribution in [2.75, 3.05) is 17.3 Å². The molecule has 2 amide bonds. The average Bonchev–Trinajstić information content (AvgIpc) is 2.65. The number of nitrogens with zero attached hydrogens (tertiary/aromatic N) is 1. The van der Waals surface area contributed by atoms with Gasteiger partial charge in [-0.15, -0.1) is 0 Å². The molecule has 188 valence electrons. The molecule has 0 aromatic heterocycles. The smallest absolute Gasteiger partial charge is 0.321 e. The zero-order chi connectivity index (χ0) is 26.4. The van der Waals surface area contributed by atoms with Crippen molar-refractivity contribution < 1.29 is 71.1 Å². The number of halogens is 14. The Morgan fingerprint density at radius 2 is 1.03 bits per heavy atom. The lowest BCUT2D eigenvalue weighted by Gasteiger charge is -2.30. The van der Waals surface area contributed by atoms with Crippen molar-refractivity contribution in [2.24, 2.45) is 0 Å². The summed E-state index contributed by atoms with van der Waals surface area (Å²) < 4.78 is 178. The summed E-state index contributed by atoms with van der Waals surface area (Å²) in [4.78, 5) is 22.3. The quantitative estimate of drug-likeness (QED) is 0.528. The standard InChI is InChI=1S/C15H8F14N2O2/c1-31(9(33)11(18,19)13(22,23)15(27,28)29)7-4-2-6(3-5-7)30-8(32)10(16,17)12(20,21)14(24,25)26/h2-5H,1H3,(H,30,32). The van der Waals surface area contributed by atoms with Crippen LogP contribution < -0.4 is 10.2 Å². The minimum Gasteiger partial charge on any atom is -0.321 e. The molecule has 0 unspecified atom stereocenters. The fraction of sp³-hybridized carbons (Fsp3) is 0.467. The van der Waals surface area contributed by atoms with E-state index >= 15 is 0 Å². The van der Waals surface area contributed by atoms with E-state index in [-0.39, 0.29) is 0 Å². The average molecular weight is 514 g/mol. The van der Waals surface area contributed by atoms with Crippen molar-refractivity contribution in [3.05, 3.63) is 24.3 Å². The summed E-state index contributed by atoms with van der Waals surface area (Å²) in [6.07, 6.45) is -13.7. The summed E-state index contributed by atoms with van der Waals surface area (Å²) >= 11 is 0. The third kappa shape index (κ3) is 4.78. The fourth-order valence-electron chi connectivity index (χ4n) is 1.94. The Morgan fingerprint density at radius 3 is 1.39 bits per heavy atom. The van der Waals surface area contributed by atoms with Crippen LogP contribution in [-0.2, 0) is 9.59 Å². The van der Waals surface area contributed by atoms with E-state index in [2.05, 4.69) is 0 Å². The predicted octanol–water partition coefficient (Wildman–Crippen LogP) is 5.25. The third-order valence-electron chi connectivity index (χ3n) is 3.87. The van der Waals surface area contributed by atoms with Gasteiger partial charge in [-0.2, -0.15) is 61.5 Å². The number of anilines is 2. The molecule has 0 heterocycles. The Hall–Kier alpha value is -2.82. The van der Waals surface area contributed by atoms with Crippen molar-refractivity contribution in [1.29, 1.82) is 0 Å². The van der Waals surface area contributed by atoms with Crippen molar-refractivity contribution in [1.82, 2.24) is 0 Å². The molecule has 0 bridgehead atoms. The number of hydrogen-bond acceptors (Lipinski definition) is 2. The molecule has 0 aliphatic heterocycles. The molecular weight excluding hydrogens is 506 g/mol. The predicted molar refractivity (Wildman–Crippen MR) is 80.4 cm³/mol. The SMILES string of the molecule is CN(C(=O)C(F)(F)C(F)(F)C(F)(F)F)c1ccc(NC(=O)C(F)(F)C(F)(F)C(F)(F)F)cc1. The van der Waals surface area contributed by atoms with Crippen LogP contribution in [0.2, 0.25) is 0 Å². The number of carbonyl (C=O) groups excluding carboxylic acids is 2. The molecule has 18 heteroatoms. The molecule has 1 rings (SSSR count). The molecule has 0 radical (unpaired) electrons. The largest absolute Gasteiger partial charge is 0.460 e. The molecule has 0 aliphatic carbocycles. The highest BCUT2D eigenvalue weighted by Crippen LogP contribution is 2.48. The monoisotopic (exact) mass is 514 g/mol. The summed E-state index contributed by atoms with van der Waals surface area (Å²) in [5.74, 6) is -32.4. The summed E-state index contributed by atoms with van der Waals surface area (Å²) in [6.45, 7) is 0. The van der Waals surface area contributed by atoms with Gasteiger partial charge in [-0.3, -0.25) is 9.59 Å². The van der Waals surface area contributed by atoms with E-state index in [9.17, 15) is 71.1 Å². The molecule has 0 fully saturated rings. The van der Waals surface area contributed by atoms with Crippen LogP contribution in [0.15, 0.2) is 24.3 Å². The van der Waals surface area contributed by atoms with Crippen LogP contribution in [0.5, 0.6) is 0 Å². The molecule has 0 spiro atoms. The van der Waals surface area contributed by atoms with Crippen LogP contribution >= 0.6 is 0 Å². The Morgan fingerprint density at radius 1 is 0.667 bits per heavy atom. The number of nitrogens with one attached hydrogen (secondary N) is 1. The van der Waals surface area contributed by atoms with E-state index < -0.39 is 64.1 Å². The number of alkyl halides is 14. The van der Waals surface area contributed by atoms with Gasteiger partial charge in [0.25, 0.3) is 0 Å². The maximum absolute atomic E-state index is 13.5. The molecule has 1 N–H and O–H groups in total. The van der Waals surface area contributed by atoms with Gasteiger partial charge in [0.2, 0.25) is 0 Å². The second-order valence-corrected chi connectivity index (χ2v) is 6.16. The van der Waals surface area contributed by atoms with Gasteiger partial charge in [0, 0.05) is 18.4 Å². The first-order valence-electron chi connectivity index (χ1n) is 7.77. The lowest BCUT2D eigenvalue weighted by atomic mass is 10.1. The molecule has 33 heavy (non-hydrogen) atoms. The van der Waals surface area contributed by atoms with E-state index in [4.69, 9.17) is 0 Å². The minimum atomic E-state index is -6.83. The van der Waals surface area contributed by atoms with Gasteiger partial charge < -0.3 is 10.2 Å². The molecule has 0 saturated heterocycles. The lowest BCUT2D eigenvalue weighted by molar-refractivity contribution is -0.343. The first-order valence-corrected chi connectivity index (χ1v) is 7.77. The summed E-state index contributed by atoms with van der Waals surface area (Å²) in [5, 5.41) is 0.941. The van der Waals surface area contributed by atoms with Gasteiger partial charge in [0.05, 0.1) is 0 Å². The van der Waals surface area contributed by atoms with Crippen molar-refractivity contribution in [3.8, 4) is 0 Å². The minimum absolute atomic E-state index is 0.300. The van der Waals surface area contributed by atoms with Crippen molar-refractivity contribution >= 4 is 23.2 Å². The van der Waals surface area contributed by atoms with E-state index in [1.807, 2.05) is 0 Å². The van der Waals surface area contributed by atoms with Gasteiger partial charge in [0.1, 0.15) is 0 Å². The van der Waals surface area contributed by atoms with Crippen LogP contribution in [0, 0.1) is 0 Å². The number of hydrogen-bond donors (Lipinski definition) is 1. The van der Waals surface area contributed by atoms with Crippen molar-refractivity contribution in [2.45, 2.75) is 36.0 Å². The maximum Gasteiger partial charge on any atom is 0.460 e. The first kappa shape index (κ1) is 28.2. The summed E-state index contributed by atoms with van der Waals surface area (Å²) in [7, 11) is 0.300. The van der Waals surface area contributed by atoms with Gasteiger partial charge in [-0.05, 0) is 24.3 Å². The van der Waals surface area contributed by atoms with Gasteiger partial charge in [-0.25, -0.2) is 0 Å². The zero-order valence-electron chi connectivity index (χ0n) is 15.4. The third-order valence-corrected chi connectivity index (χ3v) is 3.87. The Labute approximate surface area is 173 Å². The molecule has 1 aromatic rings. The summed E-state index contributed by atoms with van der Waals surface area (Å²) in [6, 6.07) is 1.49. The highest BCUT2D eigenvalue weighted by molar-refractivity contribution is 6.00. The second kappa shape index (κ2) is 8.19. The first-order chi connectivity index (χ1) is 14.4. The fourth-order valence-corrected chi connectivity index (χ4v) is 1.94. The number of amides is 2. The lowest BCUT2D eigenvalue weighted by Crippen LogP contribution is -2.59. The Kier molecular flexibility index (Phi) is 7.00. The Bertz CT molecular complexity index is 889. The van der Waals surface area contributed by atoms with Crippen LogP contribution in [0.3, 0.4) is 0 Å². The van der Waals surface area contributed by atoms with E-state index in [0.29, 0.717) is 31.3 Å². The highest BCUT2D eigenvalue weighted by atomic mass is 19.4. The van der Waals surface area contributed by atoms with Crippen LogP contribution in [0.4, 0.5) is 72.8 Å². The molecule has 0 aliphatic rings. The molecule has 4 nitrogen and oxygen atoms in total. The number of carbonyl (C=O) groups is 2. The van der Waals surface area contributed by atoms with Crippen LogP contribution in [0.1, 0.15) is 0 Å². The van der Waals surface area contributed by atoms with E-state index in [1.54, 1.807) is 0 Å². The maximum atomic E-state index is 13.5. The number of rotatable bonds is 6. The topological polar surface area (TPSA) is 49.4 Å². The van der Waals surface area contributed by atoms with Gasteiger partial charge in [-0.1, -0.05) is 0 Å². The molecular formula is C15H8F14N2O2. The summed E-state index contributed by atoms with van der Waals surface area (Å²) in [5.41, 5.74) is -1.85. The number of benzene rings is 1. The zero-order valence-corrected chi connectivity index (χ0v) is 15.4. The van der Waals surface area contributed by atoms with Crippen LogP contribution in [0.25, 0.3) is 0 Å².